The van der Waals surface area contributed by atoms with Gasteiger partial charge in [0, 0.05) is 23.2 Å². The van der Waals surface area contributed by atoms with Crippen molar-refractivity contribution in [2.24, 2.45) is 11.1 Å². The molecule has 0 heterocycles. The monoisotopic (exact) mass is 268 g/mol. The summed E-state index contributed by atoms with van der Waals surface area (Å²) in [6.45, 7) is 8.00. The average Bonchev–Trinajstić information content (AvgIpc) is 2.22. The van der Waals surface area contributed by atoms with Gasteiger partial charge in [-0.15, -0.1) is 0 Å². The number of amides is 1. The Hall–Kier alpha value is -1.06. The first-order valence-corrected chi connectivity index (χ1v) is 6.39. The number of hydrogen-bond donors (Lipinski definition) is 2. The summed E-state index contributed by atoms with van der Waals surface area (Å²) >= 11 is 5.90. The number of anilines is 1. The number of halogens is 1. The van der Waals surface area contributed by atoms with E-state index in [1.165, 1.54) is 0 Å². The number of nitrogens with one attached hydrogen (secondary N) is 1. The van der Waals surface area contributed by atoms with Crippen LogP contribution in [0.2, 0.25) is 5.02 Å². The van der Waals surface area contributed by atoms with E-state index in [2.05, 4.69) is 5.32 Å². The zero-order valence-corrected chi connectivity index (χ0v) is 12.1. The van der Waals surface area contributed by atoms with Gasteiger partial charge in [-0.05, 0) is 30.0 Å². The van der Waals surface area contributed by atoms with Gasteiger partial charge in [-0.2, -0.15) is 0 Å². The molecule has 1 rings (SSSR count). The van der Waals surface area contributed by atoms with Crippen molar-refractivity contribution in [3.8, 4) is 0 Å². The molecule has 0 aromatic heterocycles. The van der Waals surface area contributed by atoms with Gasteiger partial charge in [0.1, 0.15) is 0 Å². The van der Waals surface area contributed by atoms with Crippen molar-refractivity contribution in [1.82, 2.24) is 0 Å². The van der Waals surface area contributed by atoms with Gasteiger partial charge in [0.15, 0.2) is 0 Å². The van der Waals surface area contributed by atoms with Crippen molar-refractivity contribution in [2.75, 3.05) is 5.32 Å². The Morgan fingerprint density at radius 1 is 1.44 bits per heavy atom. The van der Waals surface area contributed by atoms with Gasteiger partial charge < -0.3 is 11.1 Å². The summed E-state index contributed by atoms with van der Waals surface area (Å²) in [6.07, 6.45) is 0.301. The molecule has 1 unspecified atom stereocenters. The highest BCUT2D eigenvalue weighted by Crippen LogP contribution is 2.22. The predicted octanol–water partition coefficient (Wildman–Crippen LogP) is 3.35. The quantitative estimate of drug-likeness (QED) is 0.883. The van der Waals surface area contributed by atoms with Crippen molar-refractivity contribution >= 4 is 23.2 Å². The molecule has 0 aliphatic carbocycles. The van der Waals surface area contributed by atoms with Crippen LogP contribution in [0.4, 0.5) is 5.69 Å². The number of benzene rings is 1. The topological polar surface area (TPSA) is 55.1 Å². The van der Waals surface area contributed by atoms with Crippen LogP contribution in [0.15, 0.2) is 18.2 Å². The zero-order chi connectivity index (χ0) is 13.9. The molecule has 0 aliphatic heterocycles. The van der Waals surface area contributed by atoms with Gasteiger partial charge >= 0.3 is 0 Å². The summed E-state index contributed by atoms with van der Waals surface area (Å²) in [5.74, 6) is -0.0807. The number of carbonyl (C=O) groups is 1. The average molecular weight is 269 g/mol. The normalized spacial score (nSPS) is 13.2. The Kier molecular flexibility index (Phi) is 4.77. The van der Waals surface area contributed by atoms with Gasteiger partial charge in [0.25, 0.3) is 0 Å². The Balaban J connectivity index is 2.68. The highest BCUT2D eigenvalue weighted by molar-refractivity contribution is 6.31. The molecule has 0 radical (unpaired) electrons. The van der Waals surface area contributed by atoms with E-state index < -0.39 is 0 Å². The third-order valence-corrected chi connectivity index (χ3v) is 3.23. The van der Waals surface area contributed by atoms with Crippen LogP contribution < -0.4 is 11.1 Å². The fourth-order valence-electron chi connectivity index (χ4n) is 1.44. The minimum absolute atomic E-state index is 0.0807. The van der Waals surface area contributed by atoms with E-state index in [4.69, 9.17) is 17.3 Å². The van der Waals surface area contributed by atoms with Crippen LogP contribution in [0, 0.1) is 12.3 Å². The molecule has 3 N–H and O–H groups in total. The van der Waals surface area contributed by atoms with Crippen molar-refractivity contribution < 1.29 is 4.79 Å². The van der Waals surface area contributed by atoms with Crippen LogP contribution in [-0.4, -0.2) is 11.9 Å². The Morgan fingerprint density at radius 2 is 2.06 bits per heavy atom. The molecule has 0 bridgehead atoms. The third kappa shape index (κ3) is 4.31. The van der Waals surface area contributed by atoms with E-state index in [9.17, 15) is 4.79 Å². The molecular formula is C14H21ClN2O. The standard InChI is InChI=1S/C14H21ClN2O/c1-9-5-6-10(15)7-11(9)17-13(18)8-12(16)14(2,3)4/h5-7,12H,8,16H2,1-4H3,(H,17,18). The predicted molar refractivity (Wildman–Crippen MR) is 76.9 cm³/mol. The van der Waals surface area contributed by atoms with Gasteiger partial charge in [-0.3, -0.25) is 4.79 Å². The Bertz CT molecular complexity index is 438. The molecule has 3 nitrogen and oxygen atoms in total. The minimum atomic E-state index is -0.169. The molecule has 1 aromatic rings. The van der Waals surface area contributed by atoms with E-state index in [1.807, 2.05) is 33.8 Å². The Labute approximate surface area is 114 Å². The van der Waals surface area contributed by atoms with Crippen LogP contribution >= 0.6 is 11.6 Å². The molecule has 0 fully saturated rings. The fourth-order valence-corrected chi connectivity index (χ4v) is 1.61. The van der Waals surface area contributed by atoms with Gasteiger partial charge in [0.05, 0.1) is 0 Å². The maximum Gasteiger partial charge on any atom is 0.225 e. The molecule has 1 amide bonds. The summed E-state index contributed by atoms with van der Waals surface area (Å²) in [7, 11) is 0. The minimum Gasteiger partial charge on any atom is -0.327 e. The summed E-state index contributed by atoms with van der Waals surface area (Å²) in [5.41, 5.74) is 7.63. The van der Waals surface area contributed by atoms with Gasteiger partial charge in [-0.25, -0.2) is 0 Å². The molecular weight excluding hydrogens is 248 g/mol. The van der Waals surface area contributed by atoms with Crippen LogP contribution in [0.25, 0.3) is 0 Å². The molecule has 18 heavy (non-hydrogen) atoms. The van der Waals surface area contributed by atoms with Crippen molar-refractivity contribution in [2.45, 2.75) is 40.2 Å². The first kappa shape index (κ1) is 15.0. The van der Waals surface area contributed by atoms with E-state index in [0.717, 1.165) is 11.3 Å². The van der Waals surface area contributed by atoms with Crippen molar-refractivity contribution in [3.05, 3.63) is 28.8 Å². The van der Waals surface area contributed by atoms with E-state index in [1.54, 1.807) is 12.1 Å². The molecule has 0 saturated heterocycles. The number of carbonyl (C=O) groups excluding carboxylic acids is 1. The van der Waals surface area contributed by atoms with Gasteiger partial charge in [-0.1, -0.05) is 38.4 Å². The molecule has 4 heteroatoms. The number of aryl methyl sites for hydroxylation is 1. The lowest BCUT2D eigenvalue weighted by molar-refractivity contribution is -0.117. The van der Waals surface area contributed by atoms with Crippen molar-refractivity contribution in [1.29, 1.82) is 0 Å². The summed E-state index contributed by atoms with van der Waals surface area (Å²) in [6, 6.07) is 5.25. The number of hydrogen-bond acceptors (Lipinski definition) is 2. The molecule has 100 valence electrons. The fraction of sp³-hybridized carbons (Fsp3) is 0.500. The summed E-state index contributed by atoms with van der Waals surface area (Å²) < 4.78 is 0. The lowest BCUT2D eigenvalue weighted by Crippen LogP contribution is -2.38. The summed E-state index contributed by atoms with van der Waals surface area (Å²) in [4.78, 5) is 11.9. The van der Waals surface area contributed by atoms with E-state index in [0.29, 0.717) is 11.4 Å². The van der Waals surface area contributed by atoms with Crippen LogP contribution in [0.1, 0.15) is 32.8 Å². The second kappa shape index (κ2) is 5.72. The molecule has 1 atom stereocenters. The largest absolute Gasteiger partial charge is 0.327 e. The molecule has 0 saturated carbocycles. The molecule has 1 aromatic carbocycles. The highest BCUT2D eigenvalue weighted by atomic mass is 35.5. The summed E-state index contributed by atoms with van der Waals surface area (Å²) in [5, 5.41) is 3.46. The smallest absolute Gasteiger partial charge is 0.225 e. The van der Waals surface area contributed by atoms with Crippen molar-refractivity contribution in [3.63, 3.8) is 0 Å². The SMILES string of the molecule is Cc1ccc(Cl)cc1NC(=O)CC(N)C(C)(C)C. The lowest BCUT2D eigenvalue weighted by Gasteiger charge is -2.26. The zero-order valence-electron chi connectivity index (χ0n) is 11.4. The number of rotatable bonds is 3. The van der Waals surface area contributed by atoms with E-state index in [-0.39, 0.29) is 17.4 Å². The third-order valence-electron chi connectivity index (χ3n) is 2.99. The van der Waals surface area contributed by atoms with Gasteiger partial charge in [0.2, 0.25) is 5.91 Å². The Morgan fingerprint density at radius 3 is 2.61 bits per heavy atom. The number of nitrogens with two attached hydrogens (primary N) is 1. The second-order valence-electron chi connectivity index (χ2n) is 5.68. The first-order valence-electron chi connectivity index (χ1n) is 6.01. The van der Waals surface area contributed by atoms with Crippen LogP contribution in [0.3, 0.4) is 0 Å². The van der Waals surface area contributed by atoms with Crippen LogP contribution in [0.5, 0.6) is 0 Å². The maximum atomic E-state index is 11.9. The lowest BCUT2D eigenvalue weighted by atomic mass is 9.85. The van der Waals surface area contributed by atoms with E-state index >= 15 is 0 Å². The molecule has 0 spiro atoms. The van der Waals surface area contributed by atoms with Crippen LogP contribution in [-0.2, 0) is 4.79 Å². The second-order valence-corrected chi connectivity index (χ2v) is 6.12. The first-order chi connectivity index (χ1) is 8.20. The highest BCUT2D eigenvalue weighted by Gasteiger charge is 2.23. The molecule has 0 aliphatic rings. The maximum absolute atomic E-state index is 11.9.